The summed E-state index contributed by atoms with van der Waals surface area (Å²) in [6.07, 6.45) is 0.730. The van der Waals surface area contributed by atoms with E-state index in [0.29, 0.717) is 19.0 Å². The van der Waals surface area contributed by atoms with Crippen molar-refractivity contribution in [3.8, 4) is 0 Å². The zero-order chi connectivity index (χ0) is 19.7. The van der Waals surface area contributed by atoms with Gasteiger partial charge in [-0.25, -0.2) is 17.5 Å². The van der Waals surface area contributed by atoms with Gasteiger partial charge in [0.15, 0.2) is 5.96 Å². The molecule has 0 spiro atoms. The average Bonchev–Trinajstić information content (AvgIpc) is 2.66. The highest BCUT2D eigenvalue weighted by atomic mass is 127. The molecule has 0 saturated heterocycles. The van der Waals surface area contributed by atoms with Crippen LogP contribution < -0.4 is 15.4 Å². The highest BCUT2D eigenvalue weighted by Gasteiger charge is 2.12. The monoisotopic (exact) mass is 520 g/mol. The number of nitrogens with zero attached hydrogens (tertiary/aromatic N) is 1. The lowest BCUT2D eigenvalue weighted by atomic mass is 10.1. The summed E-state index contributed by atoms with van der Waals surface area (Å²) in [7, 11) is -1.86. The smallest absolute Gasteiger partial charge is 0.240 e. The highest BCUT2D eigenvalue weighted by molar-refractivity contribution is 14.0. The number of aryl methyl sites for hydroxylation is 1. The molecule has 2 aromatic rings. The number of halogens is 2. The first-order chi connectivity index (χ1) is 12.9. The molecule has 6 nitrogen and oxygen atoms in total. The maximum atomic E-state index is 13.1. The van der Waals surface area contributed by atoms with Crippen molar-refractivity contribution in [1.29, 1.82) is 0 Å². The summed E-state index contributed by atoms with van der Waals surface area (Å²) in [5.41, 5.74) is 1.98. The number of nitrogens with one attached hydrogen (secondary N) is 3. The molecule has 28 heavy (non-hydrogen) atoms. The van der Waals surface area contributed by atoms with Crippen molar-refractivity contribution in [1.82, 2.24) is 15.4 Å². The van der Waals surface area contributed by atoms with E-state index in [4.69, 9.17) is 0 Å². The minimum Gasteiger partial charge on any atom is -0.356 e. The maximum Gasteiger partial charge on any atom is 0.240 e. The third-order valence-corrected chi connectivity index (χ3v) is 5.45. The molecule has 0 bridgehead atoms. The summed E-state index contributed by atoms with van der Waals surface area (Å²) < 4.78 is 39.9. The second kappa shape index (κ2) is 12.0. The van der Waals surface area contributed by atoms with Crippen molar-refractivity contribution >= 4 is 40.0 Å². The summed E-state index contributed by atoms with van der Waals surface area (Å²) in [6, 6.07) is 13.0. The van der Waals surface area contributed by atoms with Gasteiger partial charge in [0, 0.05) is 26.7 Å². The van der Waals surface area contributed by atoms with E-state index in [1.54, 1.807) is 43.4 Å². The molecule has 9 heteroatoms. The van der Waals surface area contributed by atoms with Gasteiger partial charge in [-0.2, -0.15) is 0 Å². The number of hydrogen-bond acceptors (Lipinski definition) is 3. The predicted molar refractivity (Wildman–Crippen MR) is 121 cm³/mol. The minimum absolute atomic E-state index is 0. The molecule has 154 valence electrons. The fourth-order valence-electron chi connectivity index (χ4n) is 2.53. The van der Waals surface area contributed by atoms with E-state index in [0.717, 1.165) is 17.5 Å². The topological polar surface area (TPSA) is 82.6 Å². The van der Waals surface area contributed by atoms with Crippen molar-refractivity contribution in [2.75, 3.05) is 26.7 Å². The highest BCUT2D eigenvalue weighted by Crippen LogP contribution is 2.10. The first-order valence-electron chi connectivity index (χ1n) is 8.66. The van der Waals surface area contributed by atoms with Gasteiger partial charge in [-0.1, -0.05) is 24.3 Å². The Morgan fingerprint density at radius 3 is 2.36 bits per heavy atom. The van der Waals surface area contributed by atoms with Gasteiger partial charge in [0.2, 0.25) is 10.0 Å². The Morgan fingerprint density at radius 1 is 1.04 bits per heavy atom. The number of hydrogen-bond donors (Lipinski definition) is 3. The first kappa shape index (κ1) is 24.3. The molecule has 0 fully saturated rings. The summed E-state index contributed by atoms with van der Waals surface area (Å²) in [5.74, 6) is 0.341. The lowest BCUT2D eigenvalue weighted by Crippen LogP contribution is -2.42. The fraction of sp³-hybridized carbons (Fsp3) is 0.316. The zero-order valence-electron chi connectivity index (χ0n) is 15.9. The molecule has 0 aliphatic rings. The molecule has 0 atom stereocenters. The quantitative estimate of drug-likeness (QED) is 0.216. The lowest BCUT2D eigenvalue weighted by molar-refractivity contribution is 0.580. The summed E-state index contributed by atoms with van der Waals surface area (Å²) in [4.78, 5) is 4.34. The van der Waals surface area contributed by atoms with Crippen LogP contribution in [-0.2, 0) is 16.4 Å². The van der Waals surface area contributed by atoms with Gasteiger partial charge in [-0.05, 0) is 48.7 Å². The van der Waals surface area contributed by atoms with Gasteiger partial charge in [0.05, 0.1) is 4.90 Å². The predicted octanol–water partition coefficient (Wildman–Crippen LogP) is 2.44. The molecule has 0 saturated carbocycles. The van der Waals surface area contributed by atoms with Crippen LogP contribution in [0.2, 0.25) is 0 Å². The van der Waals surface area contributed by atoms with Crippen molar-refractivity contribution in [2.24, 2.45) is 4.99 Å². The Morgan fingerprint density at radius 2 is 1.71 bits per heavy atom. The van der Waals surface area contributed by atoms with E-state index in [1.807, 2.05) is 6.92 Å². The molecule has 0 aliphatic heterocycles. The molecular formula is C19H26FIN4O2S. The molecule has 0 aromatic heterocycles. The Kier molecular flexibility index (Phi) is 10.4. The molecule has 0 unspecified atom stereocenters. The number of benzene rings is 2. The van der Waals surface area contributed by atoms with Crippen LogP contribution in [0.1, 0.15) is 11.1 Å². The van der Waals surface area contributed by atoms with E-state index in [-0.39, 0.29) is 41.2 Å². The van der Waals surface area contributed by atoms with E-state index in [2.05, 4.69) is 20.3 Å². The summed E-state index contributed by atoms with van der Waals surface area (Å²) in [6.45, 7) is 3.13. The van der Waals surface area contributed by atoms with E-state index in [1.165, 1.54) is 12.1 Å². The molecule has 0 heterocycles. The van der Waals surface area contributed by atoms with Crippen LogP contribution >= 0.6 is 24.0 Å². The lowest BCUT2D eigenvalue weighted by Gasteiger charge is -2.13. The molecule has 2 aromatic carbocycles. The van der Waals surface area contributed by atoms with Crippen LogP contribution in [0.4, 0.5) is 4.39 Å². The van der Waals surface area contributed by atoms with Gasteiger partial charge in [0.25, 0.3) is 0 Å². The van der Waals surface area contributed by atoms with E-state index >= 15 is 0 Å². The number of aliphatic imine (C=N–C) groups is 1. The SMILES string of the molecule is CN=C(NCCNS(=O)(=O)c1ccccc1)NCCc1ccc(F)cc1C.I. The minimum atomic E-state index is -3.51. The second-order valence-electron chi connectivity index (χ2n) is 5.96. The van der Waals surface area contributed by atoms with Crippen LogP contribution in [0, 0.1) is 12.7 Å². The third kappa shape index (κ3) is 7.72. The van der Waals surface area contributed by atoms with E-state index in [9.17, 15) is 12.8 Å². The maximum absolute atomic E-state index is 13.1. The second-order valence-corrected chi connectivity index (χ2v) is 7.72. The number of sulfonamides is 1. The summed E-state index contributed by atoms with van der Waals surface area (Å²) in [5, 5.41) is 6.21. The first-order valence-corrected chi connectivity index (χ1v) is 10.1. The van der Waals surface area contributed by atoms with Crippen LogP contribution in [0.25, 0.3) is 0 Å². The van der Waals surface area contributed by atoms with Crippen LogP contribution in [0.15, 0.2) is 58.4 Å². The zero-order valence-corrected chi connectivity index (χ0v) is 19.1. The molecule has 3 N–H and O–H groups in total. The van der Waals surface area contributed by atoms with Crippen LogP contribution in [-0.4, -0.2) is 41.1 Å². The Labute approximate surface area is 183 Å². The summed E-state index contributed by atoms with van der Waals surface area (Å²) >= 11 is 0. The Bertz CT molecular complexity index is 877. The third-order valence-electron chi connectivity index (χ3n) is 3.98. The standard InChI is InChI=1S/C19H25FN4O2S.HI/c1-15-14-17(20)9-8-16(15)10-11-22-19(21-2)23-12-13-24-27(25,26)18-6-4-3-5-7-18;/h3-9,14,24H,10-13H2,1-2H3,(H2,21,22,23);1H. The molecule has 2 rings (SSSR count). The average molecular weight is 520 g/mol. The van der Waals surface area contributed by atoms with Gasteiger partial charge in [0.1, 0.15) is 5.82 Å². The van der Waals surface area contributed by atoms with Gasteiger partial charge < -0.3 is 10.6 Å². The van der Waals surface area contributed by atoms with Crippen molar-refractivity contribution in [3.05, 3.63) is 65.5 Å². The number of guanidine groups is 1. The van der Waals surface area contributed by atoms with Gasteiger partial charge in [-0.15, -0.1) is 24.0 Å². The van der Waals surface area contributed by atoms with Crippen LogP contribution in [0.3, 0.4) is 0 Å². The Hall–Kier alpha value is -1.72. The van der Waals surface area contributed by atoms with Gasteiger partial charge in [-0.3, -0.25) is 4.99 Å². The molecule has 0 radical (unpaired) electrons. The van der Waals surface area contributed by atoms with Crippen LogP contribution in [0.5, 0.6) is 0 Å². The largest absolute Gasteiger partial charge is 0.356 e. The number of rotatable bonds is 8. The normalized spacial score (nSPS) is 11.6. The van der Waals surface area contributed by atoms with E-state index < -0.39 is 10.0 Å². The van der Waals surface area contributed by atoms with Gasteiger partial charge >= 0.3 is 0 Å². The molecule has 0 amide bonds. The molecular weight excluding hydrogens is 494 g/mol. The van der Waals surface area contributed by atoms with Crippen molar-refractivity contribution < 1.29 is 12.8 Å². The fourth-order valence-corrected chi connectivity index (χ4v) is 3.58. The Balaban J connectivity index is 0.00000392. The van der Waals surface area contributed by atoms with Crippen molar-refractivity contribution in [2.45, 2.75) is 18.2 Å². The molecule has 0 aliphatic carbocycles. The van der Waals surface area contributed by atoms with Crippen molar-refractivity contribution in [3.63, 3.8) is 0 Å².